The van der Waals surface area contributed by atoms with Gasteiger partial charge in [-0.1, -0.05) is 0 Å². The lowest BCUT2D eigenvalue weighted by atomic mass is 10.2. The van der Waals surface area contributed by atoms with Gasteiger partial charge in [0.05, 0.1) is 6.20 Å². The number of hydrogen-bond donors (Lipinski definition) is 0. The molecule has 1 saturated heterocycles. The van der Waals surface area contributed by atoms with Gasteiger partial charge >= 0.3 is 0 Å². The summed E-state index contributed by atoms with van der Waals surface area (Å²) < 4.78 is 28.2. The molecule has 8 nitrogen and oxygen atoms in total. The molecule has 0 spiro atoms. The molecule has 0 N–H and O–H groups in total. The fraction of sp³-hybridized carbons (Fsp3) is 0.421. The standard InChI is InChI=1S/C19H19F2N7O/c20-16(21)15-10-14(12-2-3-12)25-17-13(11-24-28(15)17)18(29)26-6-8-27(9-7-26)19-22-4-1-5-23-19/h1,4-5,10-12,16H,2-3,6-9H2. The van der Waals surface area contributed by atoms with Crippen LogP contribution in [0.2, 0.25) is 0 Å². The monoisotopic (exact) mass is 399 g/mol. The van der Waals surface area contributed by atoms with Crippen LogP contribution < -0.4 is 4.90 Å². The molecule has 1 aliphatic heterocycles. The quantitative estimate of drug-likeness (QED) is 0.670. The highest BCUT2D eigenvalue weighted by molar-refractivity contribution is 5.99. The fourth-order valence-corrected chi connectivity index (χ4v) is 3.63. The number of carbonyl (C=O) groups is 1. The van der Waals surface area contributed by atoms with Crippen molar-refractivity contribution in [3.63, 3.8) is 0 Å². The van der Waals surface area contributed by atoms with Gasteiger partial charge in [-0.2, -0.15) is 5.10 Å². The van der Waals surface area contributed by atoms with Crippen LogP contribution in [0.3, 0.4) is 0 Å². The van der Waals surface area contributed by atoms with E-state index in [9.17, 15) is 13.6 Å². The van der Waals surface area contributed by atoms with Gasteiger partial charge in [-0.25, -0.2) is 28.2 Å². The normalized spacial score (nSPS) is 17.3. The molecule has 10 heteroatoms. The van der Waals surface area contributed by atoms with Crippen LogP contribution in [0.5, 0.6) is 0 Å². The lowest BCUT2D eigenvalue weighted by Gasteiger charge is -2.34. The van der Waals surface area contributed by atoms with Crippen LogP contribution in [-0.4, -0.2) is 61.6 Å². The van der Waals surface area contributed by atoms with Crippen molar-refractivity contribution in [3.8, 4) is 0 Å². The molecule has 1 amide bonds. The molecule has 2 aliphatic rings. The summed E-state index contributed by atoms with van der Waals surface area (Å²) in [5.41, 5.74) is 0.873. The third-order valence-electron chi connectivity index (χ3n) is 5.37. The van der Waals surface area contributed by atoms with Crippen molar-refractivity contribution in [3.05, 3.63) is 47.7 Å². The predicted octanol–water partition coefficient (Wildman–Crippen LogP) is 2.30. The molecule has 5 rings (SSSR count). The molecule has 0 radical (unpaired) electrons. The number of nitrogens with zero attached hydrogens (tertiary/aromatic N) is 7. The molecular weight excluding hydrogens is 380 g/mol. The number of rotatable bonds is 4. The fourth-order valence-electron chi connectivity index (χ4n) is 3.63. The van der Waals surface area contributed by atoms with Gasteiger partial charge in [-0.05, 0) is 25.0 Å². The van der Waals surface area contributed by atoms with E-state index in [1.807, 2.05) is 4.90 Å². The van der Waals surface area contributed by atoms with Gasteiger partial charge in [0.15, 0.2) is 5.65 Å². The number of fused-ring (bicyclic) bond motifs is 1. The van der Waals surface area contributed by atoms with Crippen LogP contribution in [-0.2, 0) is 0 Å². The number of carbonyl (C=O) groups excluding carboxylic acids is 1. The number of halogens is 2. The number of piperazine rings is 1. The minimum absolute atomic E-state index is 0.199. The van der Waals surface area contributed by atoms with Crippen LogP contribution >= 0.6 is 0 Å². The van der Waals surface area contributed by atoms with E-state index in [4.69, 9.17) is 0 Å². The Morgan fingerprint density at radius 1 is 1.10 bits per heavy atom. The first-order valence-electron chi connectivity index (χ1n) is 9.60. The average Bonchev–Trinajstić information content (AvgIpc) is 3.52. The first-order chi connectivity index (χ1) is 14.1. The van der Waals surface area contributed by atoms with Gasteiger partial charge < -0.3 is 9.80 Å². The summed E-state index contributed by atoms with van der Waals surface area (Å²) in [6.07, 6.45) is 3.90. The molecule has 0 aromatic carbocycles. The van der Waals surface area contributed by atoms with E-state index in [-0.39, 0.29) is 28.7 Å². The Balaban J connectivity index is 1.40. The van der Waals surface area contributed by atoms with E-state index in [1.54, 1.807) is 23.4 Å². The molecule has 0 unspecified atom stereocenters. The Kier molecular flexibility index (Phi) is 4.33. The SMILES string of the molecule is O=C(c1cnn2c(C(F)F)cc(C3CC3)nc12)N1CCN(c2ncccn2)CC1. The molecule has 150 valence electrons. The van der Waals surface area contributed by atoms with E-state index in [0.717, 1.165) is 17.4 Å². The first kappa shape index (κ1) is 17.9. The topological polar surface area (TPSA) is 79.5 Å². The minimum atomic E-state index is -2.68. The van der Waals surface area contributed by atoms with Crippen LogP contribution in [0, 0.1) is 0 Å². The predicted molar refractivity (Wildman–Crippen MR) is 100 cm³/mol. The smallest absolute Gasteiger partial charge is 0.280 e. The van der Waals surface area contributed by atoms with Crippen molar-refractivity contribution in [2.24, 2.45) is 0 Å². The van der Waals surface area contributed by atoms with Crippen molar-refractivity contribution < 1.29 is 13.6 Å². The van der Waals surface area contributed by atoms with Crippen LogP contribution in [0.4, 0.5) is 14.7 Å². The number of hydrogen-bond acceptors (Lipinski definition) is 6. The third kappa shape index (κ3) is 3.28. The molecule has 4 heterocycles. The molecule has 0 atom stereocenters. The molecular formula is C19H19F2N7O. The van der Waals surface area contributed by atoms with Gasteiger partial charge in [0.25, 0.3) is 12.3 Å². The zero-order chi connectivity index (χ0) is 20.0. The molecule has 3 aromatic heterocycles. The summed E-state index contributed by atoms with van der Waals surface area (Å²) in [4.78, 5) is 29.8. The van der Waals surface area contributed by atoms with Crippen LogP contribution in [0.25, 0.3) is 5.65 Å². The molecule has 1 saturated carbocycles. The molecule has 0 bridgehead atoms. The largest absolute Gasteiger partial charge is 0.337 e. The minimum Gasteiger partial charge on any atom is -0.337 e. The first-order valence-corrected chi connectivity index (χ1v) is 9.60. The van der Waals surface area contributed by atoms with Crippen molar-refractivity contribution in [1.82, 2.24) is 29.5 Å². The van der Waals surface area contributed by atoms with E-state index < -0.39 is 6.43 Å². The number of aromatic nitrogens is 5. The second kappa shape index (κ2) is 7.02. The highest BCUT2D eigenvalue weighted by Gasteiger charge is 2.31. The summed E-state index contributed by atoms with van der Waals surface area (Å²) >= 11 is 0. The second-order valence-corrected chi connectivity index (χ2v) is 7.30. The van der Waals surface area contributed by atoms with Gasteiger partial charge in [0.2, 0.25) is 5.95 Å². The van der Waals surface area contributed by atoms with Crippen molar-refractivity contribution in [2.45, 2.75) is 25.2 Å². The Hall–Kier alpha value is -3.17. The van der Waals surface area contributed by atoms with E-state index in [1.165, 1.54) is 12.3 Å². The van der Waals surface area contributed by atoms with Crippen LogP contribution in [0.1, 0.15) is 46.9 Å². The molecule has 1 aliphatic carbocycles. The maximum Gasteiger partial charge on any atom is 0.280 e. The van der Waals surface area contributed by atoms with E-state index in [0.29, 0.717) is 37.8 Å². The molecule has 3 aromatic rings. The lowest BCUT2D eigenvalue weighted by Crippen LogP contribution is -2.49. The van der Waals surface area contributed by atoms with Gasteiger partial charge in [-0.3, -0.25) is 4.79 Å². The summed E-state index contributed by atoms with van der Waals surface area (Å²) in [7, 11) is 0. The molecule has 29 heavy (non-hydrogen) atoms. The maximum atomic E-state index is 13.5. The Morgan fingerprint density at radius 3 is 2.48 bits per heavy atom. The lowest BCUT2D eigenvalue weighted by molar-refractivity contribution is 0.0747. The second-order valence-electron chi connectivity index (χ2n) is 7.30. The maximum absolute atomic E-state index is 13.5. The highest BCUT2D eigenvalue weighted by Crippen LogP contribution is 2.40. The number of anilines is 1. The average molecular weight is 399 g/mol. The Morgan fingerprint density at radius 2 is 1.83 bits per heavy atom. The number of alkyl halides is 2. The summed E-state index contributed by atoms with van der Waals surface area (Å²) in [5, 5.41) is 4.04. The zero-order valence-electron chi connectivity index (χ0n) is 15.6. The van der Waals surface area contributed by atoms with Crippen molar-refractivity contribution in [2.75, 3.05) is 31.1 Å². The van der Waals surface area contributed by atoms with Crippen molar-refractivity contribution in [1.29, 1.82) is 0 Å². The van der Waals surface area contributed by atoms with Crippen molar-refractivity contribution >= 4 is 17.5 Å². The van der Waals surface area contributed by atoms with Crippen LogP contribution in [0.15, 0.2) is 30.7 Å². The highest BCUT2D eigenvalue weighted by atomic mass is 19.3. The number of amides is 1. The van der Waals surface area contributed by atoms with Gasteiger partial charge in [0, 0.05) is 50.2 Å². The molecule has 2 fully saturated rings. The summed E-state index contributed by atoms with van der Waals surface area (Å²) in [6.45, 7) is 2.16. The Labute approximate surface area is 165 Å². The summed E-state index contributed by atoms with van der Waals surface area (Å²) in [6, 6.07) is 3.17. The van der Waals surface area contributed by atoms with E-state index >= 15 is 0 Å². The van der Waals surface area contributed by atoms with E-state index in [2.05, 4.69) is 20.1 Å². The third-order valence-corrected chi connectivity index (χ3v) is 5.37. The van der Waals surface area contributed by atoms with Gasteiger partial charge in [-0.15, -0.1) is 0 Å². The van der Waals surface area contributed by atoms with Gasteiger partial charge in [0.1, 0.15) is 11.3 Å². The zero-order valence-corrected chi connectivity index (χ0v) is 15.6. The Bertz CT molecular complexity index is 1040. The summed E-state index contributed by atoms with van der Waals surface area (Å²) in [5.74, 6) is 0.590.